The molecule has 1 N–H and O–H groups in total. The average molecular weight is 368 g/mol. The first-order chi connectivity index (χ1) is 12.7. The highest BCUT2D eigenvalue weighted by atomic mass is 35.5. The third-order valence-corrected chi connectivity index (χ3v) is 4.44. The fourth-order valence-corrected chi connectivity index (χ4v) is 2.95. The number of hydrogen-bond acceptors (Lipinski definition) is 2. The maximum absolute atomic E-state index is 12.1. The Labute approximate surface area is 158 Å². The summed E-state index contributed by atoms with van der Waals surface area (Å²) >= 11 is 5.88. The van der Waals surface area contributed by atoms with Crippen LogP contribution in [0.25, 0.3) is 0 Å². The van der Waals surface area contributed by atoms with Crippen molar-refractivity contribution >= 4 is 17.5 Å². The molecular weight excluding hydrogens is 346 g/mol. The summed E-state index contributed by atoms with van der Waals surface area (Å²) in [6.07, 6.45) is 7.74. The number of amides is 1. The normalized spacial score (nSPS) is 10.7. The third-order valence-electron chi connectivity index (χ3n) is 4.19. The number of aromatic nitrogens is 2. The minimum Gasteiger partial charge on any atom is -0.352 e. The topological polar surface area (TPSA) is 46.9 Å². The molecule has 1 aromatic heterocycles. The summed E-state index contributed by atoms with van der Waals surface area (Å²) in [6, 6.07) is 16.0. The zero-order chi connectivity index (χ0) is 18.2. The van der Waals surface area contributed by atoms with Gasteiger partial charge in [0, 0.05) is 36.9 Å². The Balaban J connectivity index is 1.41. The zero-order valence-electron chi connectivity index (χ0n) is 14.6. The number of benzene rings is 2. The Kier molecular flexibility index (Phi) is 6.45. The van der Waals surface area contributed by atoms with Crippen LogP contribution in [0.3, 0.4) is 0 Å². The van der Waals surface area contributed by atoms with Crippen molar-refractivity contribution in [3.8, 4) is 0 Å². The van der Waals surface area contributed by atoms with Crippen molar-refractivity contribution in [1.29, 1.82) is 0 Å². The number of aryl methyl sites for hydroxylation is 1. The summed E-state index contributed by atoms with van der Waals surface area (Å²) in [5.41, 5.74) is 3.50. The number of halogens is 1. The van der Waals surface area contributed by atoms with E-state index in [1.54, 1.807) is 12.5 Å². The van der Waals surface area contributed by atoms with Gasteiger partial charge in [0.1, 0.15) is 0 Å². The van der Waals surface area contributed by atoms with Crippen molar-refractivity contribution in [2.45, 2.75) is 32.4 Å². The van der Waals surface area contributed by atoms with Crippen LogP contribution < -0.4 is 5.32 Å². The highest BCUT2D eigenvalue weighted by Gasteiger charge is 2.03. The first kappa shape index (κ1) is 18.2. The average Bonchev–Trinajstić information content (AvgIpc) is 3.15. The van der Waals surface area contributed by atoms with Gasteiger partial charge < -0.3 is 9.88 Å². The summed E-state index contributed by atoms with van der Waals surface area (Å²) in [7, 11) is 0. The Bertz CT molecular complexity index is 829. The maximum Gasteiger partial charge on any atom is 0.220 e. The lowest BCUT2D eigenvalue weighted by atomic mass is 10.1. The van der Waals surface area contributed by atoms with Gasteiger partial charge in [-0.05, 0) is 41.7 Å². The lowest BCUT2D eigenvalue weighted by molar-refractivity contribution is -0.121. The molecule has 0 unspecified atom stereocenters. The minimum atomic E-state index is 0.0824. The van der Waals surface area contributed by atoms with E-state index in [0.717, 1.165) is 30.0 Å². The van der Waals surface area contributed by atoms with Crippen LogP contribution in [-0.4, -0.2) is 15.5 Å². The monoisotopic (exact) mass is 367 g/mol. The van der Waals surface area contributed by atoms with Crippen molar-refractivity contribution in [1.82, 2.24) is 14.9 Å². The fourth-order valence-electron chi connectivity index (χ4n) is 2.82. The van der Waals surface area contributed by atoms with E-state index in [2.05, 4.69) is 22.4 Å². The number of carbonyl (C=O) groups is 1. The van der Waals surface area contributed by atoms with Crippen LogP contribution >= 0.6 is 11.6 Å². The van der Waals surface area contributed by atoms with E-state index < -0.39 is 0 Å². The van der Waals surface area contributed by atoms with Crippen LogP contribution in [0, 0.1) is 0 Å². The molecule has 26 heavy (non-hydrogen) atoms. The molecular formula is C21H22ClN3O. The lowest BCUT2D eigenvalue weighted by Crippen LogP contribution is -2.22. The van der Waals surface area contributed by atoms with E-state index in [1.807, 2.05) is 47.2 Å². The van der Waals surface area contributed by atoms with Crippen LogP contribution in [0.1, 0.15) is 29.5 Å². The van der Waals surface area contributed by atoms with Gasteiger partial charge in [0.05, 0.1) is 6.33 Å². The highest BCUT2D eigenvalue weighted by Crippen LogP contribution is 2.12. The van der Waals surface area contributed by atoms with E-state index >= 15 is 0 Å². The molecule has 2 aromatic carbocycles. The molecule has 0 aliphatic rings. The minimum absolute atomic E-state index is 0.0824. The van der Waals surface area contributed by atoms with Crippen LogP contribution in [-0.2, 0) is 24.3 Å². The molecule has 1 heterocycles. The number of rotatable bonds is 8. The number of nitrogens with one attached hydrogen (secondary N) is 1. The summed E-state index contributed by atoms with van der Waals surface area (Å²) in [4.78, 5) is 16.1. The molecule has 0 saturated heterocycles. The smallest absolute Gasteiger partial charge is 0.220 e. The SMILES string of the molecule is O=C(CCCc1ccc(Cl)cc1)NCc1cccc(Cn2ccnc2)c1. The van der Waals surface area contributed by atoms with Gasteiger partial charge in [0.25, 0.3) is 0 Å². The Morgan fingerprint density at radius 2 is 1.88 bits per heavy atom. The van der Waals surface area contributed by atoms with E-state index in [-0.39, 0.29) is 5.91 Å². The van der Waals surface area contributed by atoms with Crippen molar-refractivity contribution in [3.63, 3.8) is 0 Å². The van der Waals surface area contributed by atoms with Gasteiger partial charge in [-0.15, -0.1) is 0 Å². The molecule has 134 valence electrons. The molecule has 3 aromatic rings. The van der Waals surface area contributed by atoms with Crippen LogP contribution in [0.5, 0.6) is 0 Å². The van der Waals surface area contributed by atoms with Crippen molar-refractivity contribution < 1.29 is 4.79 Å². The lowest BCUT2D eigenvalue weighted by Gasteiger charge is -2.08. The van der Waals surface area contributed by atoms with E-state index in [4.69, 9.17) is 11.6 Å². The van der Waals surface area contributed by atoms with Crippen molar-refractivity contribution in [2.75, 3.05) is 0 Å². The molecule has 0 aliphatic carbocycles. The molecule has 0 bridgehead atoms. The molecule has 3 rings (SSSR count). The van der Waals surface area contributed by atoms with Gasteiger partial charge in [-0.3, -0.25) is 4.79 Å². The second kappa shape index (κ2) is 9.20. The van der Waals surface area contributed by atoms with Crippen LogP contribution in [0.2, 0.25) is 5.02 Å². The van der Waals surface area contributed by atoms with Crippen molar-refractivity contribution in [3.05, 3.63) is 89.0 Å². The first-order valence-corrected chi connectivity index (χ1v) is 9.11. The quantitative estimate of drug-likeness (QED) is 0.647. The van der Waals surface area contributed by atoms with Gasteiger partial charge in [-0.2, -0.15) is 0 Å². The zero-order valence-corrected chi connectivity index (χ0v) is 15.3. The van der Waals surface area contributed by atoms with E-state index in [9.17, 15) is 4.79 Å². The molecule has 0 radical (unpaired) electrons. The predicted octanol–water partition coefficient (Wildman–Crippen LogP) is 4.22. The van der Waals surface area contributed by atoms with Gasteiger partial charge in [0.2, 0.25) is 5.91 Å². The summed E-state index contributed by atoms with van der Waals surface area (Å²) in [5.74, 6) is 0.0824. The summed E-state index contributed by atoms with van der Waals surface area (Å²) in [5, 5.41) is 3.74. The van der Waals surface area contributed by atoms with E-state index in [1.165, 1.54) is 11.1 Å². The molecule has 0 fully saturated rings. The summed E-state index contributed by atoms with van der Waals surface area (Å²) < 4.78 is 2.02. The molecule has 0 atom stereocenters. The Hall–Kier alpha value is -2.59. The van der Waals surface area contributed by atoms with Gasteiger partial charge in [-0.1, -0.05) is 48.0 Å². The Morgan fingerprint density at radius 3 is 2.65 bits per heavy atom. The number of carbonyl (C=O) groups excluding carboxylic acids is 1. The third kappa shape index (κ3) is 5.74. The molecule has 0 aliphatic heterocycles. The number of nitrogens with zero attached hydrogens (tertiary/aromatic N) is 2. The first-order valence-electron chi connectivity index (χ1n) is 8.74. The second-order valence-corrected chi connectivity index (χ2v) is 6.75. The second-order valence-electron chi connectivity index (χ2n) is 6.31. The van der Waals surface area contributed by atoms with E-state index in [0.29, 0.717) is 13.0 Å². The van der Waals surface area contributed by atoms with Gasteiger partial charge in [-0.25, -0.2) is 4.98 Å². The molecule has 1 amide bonds. The number of hydrogen-bond donors (Lipinski definition) is 1. The van der Waals surface area contributed by atoms with Crippen LogP contribution in [0.15, 0.2) is 67.3 Å². The highest BCUT2D eigenvalue weighted by molar-refractivity contribution is 6.30. The standard InChI is InChI=1S/C21H22ClN3O/c22-20-9-7-17(8-10-20)3-2-6-21(26)24-14-18-4-1-5-19(13-18)15-25-12-11-23-16-25/h1,4-5,7-13,16H,2-3,6,14-15H2,(H,24,26). The fraction of sp³-hybridized carbons (Fsp3) is 0.238. The predicted molar refractivity (Wildman–Crippen MR) is 104 cm³/mol. The summed E-state index contributed by atoms with van der Waals surface area (Å²) in [6.45, 7) is 1.33. The number of imidazole rings is 1. The van der Waals surface area contributed by atoms with Crippen molar-refractivity contribution in [2.24, 2.45) is 0 Å². The maximum atomic E-state index is 12.1. The van der Waals surface area contributed by atoms with Crippen LogP contribution in [0.4, 0.5) is 0 Å². The molecule has 4 nitrogen and oxygen atoms in total. The Morgan fingerprint density at radius 1 is 1.08 bits per heavy atom. The molecule has 5 heteroatoms. The van der Waals surface area contributed by atoms with Gasteiger partial charge in [0.15, 0.2) is 0 Å². The molecule has 0 saturated carbocycles. The molecule has 0 spiro atoms. The van der Waals surface area contributed by atoms with Gasteiger partial charge >= 0.3 is 0 Å². The largest absolute Gasteiger partial charge is 0.352 e.